The number of hydrogen-bond acceptors (Lipinski definition) is 4. The largest absolute Gasteiger partial charge is 0.494 e. The topological polar surface area (TPSA) is 64.1 Å². The molecule has 1 aromatic rings. The van der Waals surface area contributed by atoms with Crippen LogP contribution in [0.5, 0.6) is 5.75 Å². The van der Waals surface area contributed by atoms with Crippen LogP contribution in [0.1, 0.15) is 45.1 Å². The second-order valence-electron chi connectivity index (χ2n) is 8.03. The number of nitrogens with zero attached hydrogens (tertiary/aromatic N) is 1. The molecule has 0 aromatic heterocycles. The van der Waals surface area contributed by atoms with E-state index < -0.39 is 0 Å². The first-order valence-corrected chi connectivity index (χ1v) is 10.5. The molecule has 0 amide bonds. The van der Waals surface area contributed by atoms with Crippen LogP contribution >= 0.6 is 0 Å². The van der Waals surface area contributed by atoms with Gasteiger partial charge >= 0.3 is 0 Å². The molecular weight excluding hydrogens is 354 g/mol. The van der Waals surface area contributed by atoms with E-state index in [1.54, 1.807) is 0 Å². The predicted octanol–water partition coefficient (Wildman–Crippen LogP) is 2.87. The zero-order chi connectivity index (χ0) is 19.9. The highest BCUT2D eigenvalue weighted by molar-refractivity contribution is 5.79. The third-order valence-corrected chi connectivity index (χ3v) is 5.98. The number of benzene rings is 1. The number of guanidine groups is 1. The van der Waals surface area contributed by atoms with Crippen molar-refractivity contribution in [2.45, 2.75) is 50.5 Å². The summed E-state index contributed by atoms with van der Waals surface area (Å²) < 4.78 is 17.1. The van der Waals surface area contributed by atoms with Gasteiger partial charge in [-0.15, -0.1) is 0 Å². The Bertz CT molecular complexity index is 633. The lowest BCUT2D eigenvalue weighted by atomic mass is 9.74. The lowest BCUT2D eigenvalue weighted by Gasteiger charge is -2.38. The molecule has 6 heteroatoms. The number of hydrogen-bond donors (Lipinski definition) is 2. The van der Waals surface area contributed by atoms with Crippen molar-refractivity contribution in [3.8, 4) is 5.75 Å². The van der Waals surface area contributed by atoms with Crippen LogP contribution in [0.25, 0.3) is 0 Å². The summed E-state index contributed by atoms with van der Waals surface area (Å²) in [4.78, 5) is 4.42. The van der Waals surface area contributed by atoms with Crippen molar-refractivity contribution in [1.82, 2.24) is 10.6 Å². The van der Waals surface area contributed by atoms with E-state index in [0.717, 1.165) is 70.3 Å². The molecule has 1 aromatic carbocycles. The summed E-state index contributed by atoms with van der Waals surface area (Å²) in [5.74, 6) is 1.75. The van der Waals surface area contributed by atoms with E-state index in [0.29, 0.717) is 6.61 Å². The van der Waals surface area contributed by atoms with Crippen LogP contribution in [0.3, 0.4) is 0 Å². The van der Waals surface area contributed by atoms with Gasteiger partial charge in [-0.3, -0.25) is 4.99 Å². The molecule has 2 heterocycles. The zero-order valence-electron chi connectivity index (χ0n) is 17.6. The normalized spacial score (nSPS) is 24.8. The van der Waals surface area contributed by atoms with Crippen molar-refractivity contribution in [2.75, 3.05) is 46.6 Å². The van der Waals surface area contributed by atoms with Gasteiger partial charge in [0.05, 0.1) is 12.2 Å². The Balaban J connectivity index is 1.64. The molecule has 1 unspecified atom stereocenters. The molecule has 2 N–H and O–H groups in total. The Labute approximate surface area is 169 Å². The standard InChI is InChI=1S/C22H35N3O3/c1-4-27-19-8-6-18(7-9-19)22(11-14-26-15-12-22)17-25-20(23-3)24-16-21(2)10-5-13-28-21/h6-9H,4-5,10-17H2,1-3H3,(H2,23,24,25). The Morgan fingerprint density at radius 2 is 1.79 bits per heavy atom. The van der Waals surface area contributed by atoms with Crippen LogP contribution in [-0.2, 0) is 14.9 Å². The van der Waals surface area contributed by atoms with Crippen LogP contribution in [0.15, 0.2) is 29.3 Å². The minimum atomic E-state index is -0.0942. The molecule has 2 aliphatic rings. The fourth-order valence-electron chi connectivity index (χ4n) is 4.12. The van der Waals surface area contributed by atoms with Crippen molar-refractivity contribution in [1.29, 1.82) is 0 Å². The van der Waals surface area contributed by atoms with Crippen LogP contribution < -0.4 is 15.4 Å². The average molecular weight is 390 g/mol. The lowest BCUT2D eigenvalue weighted by molar-refractivity contribution is 0.0242. The highest BCUT2D eigenvalue weighted by atomic mass is 16.5. The fraction of sp³-hybridized carbons (Fsp3) is 0.682. The van der Waals surface area contributed by atoms with Crippen LogP contribution in [0, 0.1) is 0 Å². The first-order chi connectivity index (χ1) is 13.6. The quantitative estimate of drug-likeness (QED) is 0.555. The van der Waals surface area contributed by atoms with Crippen molar-refractivity contribution in [3.05, 3.63) is 29.8 Å². The molecule has 0 radical (unpaired) electrons. The van der Waals surface area contributed by atoms with E-state index >= 15 is 0 Å². The minimum Gasteiger partial charge on any atom is -0.494 e. The van der Waals surface area contributed by atoms with Crippen molar-refractivity contribution in [3.63, 3.8) is 0 Å². The van der Waals surface area contributed by atoms with Crippen LogP contribution in [0.2, 0.25) is 0 Å². The first kappa shape index (κ1) is 20.9. The Morgan fingerprint density at radius 3 is 2.39 bits per heavy atom. The molecule has 28 heavy (non-hydrogen) atoms. The summed E-state index contributed by atoms with van der Waals surface area (Å²) in [5, 5.41) is 7.00. The third kappa shape index (κ3) is 5.17. The maximum absolute atomic E-state index is 5.88. The number of rotatable bonds is 7. The van der Waals surface area contributed by atoms with Gasteiger partial charge in [-0.1, -0.05) is 12.1 Å². The van der Waals surface area contributed by atoms with Gasteiger partial charge in [-0.25, -0.2) is 0 Å². The maximum Gasteiger partial charge on any atom is 0.191 e. The van der Waals surface area contributed by atoms with E-state index in [-0.39, 0.29) is 11.0 Å². The van der Waals surface area contributed by atoms with E-state index in [1.165, 1.54) is 5.56 Å². The molecule has 2 fully saturated rings. The third-order valence-electron chi connectivity index (χ3n) is 5.98. The van der Waals surface area contributed by atoms with Gasteiger partial charge in [0.15, 0.2) is 5.96 Å². The summed E-state index contributed by atoms with van der Waals surface area (Å²) in [7, 11) is 1.82. The fourth-order valence-corrected chi connectivity index (χ4v) is 4.12. The summed E-state index contributed by atoms with van der Waals surface area (Å²) >= 11 is 0. The van der Waals surface area contributed by atoms with E-state index in [2.05, 4.69) is 46.8 Å². The molecule has 0 bridgehead atoms. The van der Waals surface area contributed by atoms with E-state index in [1.807, 2.05) is 14.0 Å². The molecule has 156 valence electrons. The molecule has 0 aliphatic carbocycles. The monoisotopic (exact) mass is 389 g/mol. The molecule has 6 nitrogen and oxygen atoms in total. The average Bonchev–Trinajstić information content (AvgIpc) is 3.16. The van der Waals surface area contributed by atoms with Gasteiger partial charge in [0.25, 0.3) is 0 Å². The predicted molar refractivity (Wildman–Crippen MR) is 112 cm³/mol. The SMILES string of the molecule is CCOc1ccc(C2(CNC(=NC)NCC3(C)CCCO3)CCOCC2)cc1. The number of nitrogens with one attached hydrogen (secondary N) is 2. The Kier molecular flexibility index (Phi) is 7.18. The molecule has 0 saturated carbocycles. The minimum absolute atomic E-state index is 0.0361. The van der Waals surface area contributed by atoms with Crippen molar-refractivity contribution >= 4 is 5.96 Å². The molecular formula is C22H35N3O3. The second kappa shape index (κ2) is 9.61. The molecule has 2 saturated heterocycles. The summed E-state index contributed by atoms with van der Waals surface area (Å²) in [6.45, 7) is 8.87. The van der Waals surface area contributed by atoms with Gasteiger partial charge in [0.1, 0.15) is 5.75 Å². The summed E-state index contributed by atoms with van der Waals surface area (Å²) in [6, 6.07) is 8.53. The van der Waals surface area contributed by atoms with Crippen molar-refractivity contribution < 1.29 is 14.2 Å². The Hall–Kier alpha value is -1.79. The van der Waals surface area contributed by atoms with Gasteiger partial charge in [-0.05, 0) is 57.2 Å². The molecule has 2 aliphatic heterocycles. The van der Waals surface area contributed by atoms with E-state index in [9.17, 15) is 0 Å². The summed E-state index contributed by atoms with van der Waals surface area (Å²) in [5.41, 5.74) is 1.27. The smallest absolute Gasteiger partial charge is 0.191 e. The van der Waals surface area contributed by atoms with Gasteiger partial charge < -0.3 is 24.8 Å². The van der Waals surface area contributed by atoms with Crippen LogP contribution in [0.4, 0.5) is 0 Å². The molecule has 1 atom stereocenters. The summed E-state index contributed by atoms with van der Waals surface area (Å²) in [6.07, 6.45) is 4.20. The zero-order valence-corrected chi connectivity index (χ0v) is 17.6. The van der Waals surface area contributed by atoms with E-state index in [4.69, 9.17) is 14.2 Å². The van der Waals surface area contributed by atoms with Gasteiger partial charge in [0.2, 0.25) is 0 Å². The lowest BCUT2D eigenvalue weighted by Crippen LogP contribution is -2.50. The molecule has 0 spiro atoms. The highest BCUT2D eigenvalue weighted by Gasteiger charge is 2.35. The maximum atomic E-state index is 5.88. The number of ether oxygens (including phenoxy) is 3. The first-order valence-electron chi connectivity index (χ1n) is 10.5. The van der Waals surface area contributed by atoms with Crippen molar-refractivity contribution in [2.24, 2.45) is 4.99 Å². The molecule has 3 rings (SSSR count). The van der Waals surface area contributed by atoms with Gasteiger partial charge in [-0.2, -0.15) is 0 Å². The van der Waals surface area contributed by atoms with Gasteiger partial charge in [0, 0.05) is 45.4 Å². The Morgan fingerprint density at radius 1 is 1.07 bits per heavy atom. The number of aliphatic imine (C=N–C) groups is 1. The second-order valence-corrected chi connectivity index (χ2v) is 8.03. The highest BCUT2D eigenvalue weighted by Crippen LogP contribution is 2.35. The van der Waals surface area contributed by atoms with Crippen LogP contribution in [-0.4, -0.2) is 58.1 Å².